The quantitative estimate of drug-likeness (QED) is 0.672. The van der Waals surface area contributed by atoms with Gasteiger partial charge >= 0.3 is 0 Å². The molecule has 1 N–H and O–H groups in total. The molecule has 3 aromatic rings. The highest BCUT2D eigenvalue weighted by Crippen LogP contribution is 2.29. The van der Waals surface area contributed by atoms with E-state index in [-0.39, 0.29) is 12.0 Å². The number of hydrogen-bond donors (Lipinski definition) is 1. The van der Waals surface area contributed by atoms with Gasteiger partial charge in [-0.3, -0.25) is 9.20 Å². The summed E-state index contributed by atoms with van der Waals surface area (Å²) in [7, 11) is 0. The van der Waals surface area contributed by atoms with Crippen molar-refractivity contribution in [2.75, 3.05) is 18.9 Å². The van der Waals surface area contributed by atoms with Crippen molar-refractivity contribution in [3.05, 3.63) is 35.7 Å². The Hall–Kier alpha value is -1.90. The van der Waals surface area contributed by atoms with Gasteiger partial charge in [0.15, 0.2) is 5.16 Å². The van der Waals surface area contributed by atoms with E-state index in [4.69, 9.17) is 4.74 Å². The highest BCUT2D eigenvalue weighted by molar-refractivity contribution is 7.99. The zero-order valence-corrected chi connectivity index (χ0v) is 15.2. The fourth-order valence-electron chi connectivity index (χ4n) is 2.81. The minimum atomic E-state index is -0.00580. The second-order valence-electron chi connectivity index (χ2n) is 5.82. The van der Waals surface area contributed by atoms with Crippen molar-refractivity contribution in [1.82, 2.24) is 19.9 Å². The van der Waals surface area contributed by atoms with Crippen LogP contribution < -0.4 is 5.32 Å². The van der Waals surface area contributed by atoms with Crippen molar-refractivity contribution in [1.29, 1.82) is 0 Å². The number of carbonyl (C=O) groups is 1. The molecule has 25 heavy (non-hydrogen) atoms. The number of fused-ring (bicyclic) bond motifs is 1. The largest absolute Gasteiger partial charge is 0.376 e. The lowest BCUT2D eigenvalue weighted by molar-refractivity contribution is -0.119. The van der Waals surface area contributed by atoms with Crippen LogP contribution in [0.25, 0.3) is 16.2 Å². The average Bonchev–Trinajstić information content (AvgIpc) is 3.37. The topological polar surface area (TPSA) is 68.5 Å². The zero-order valence-electron chi connectivity index (χ0n) is 13.6. The van der Waals surface area contributed by atoms with Crippen LogP contribution in [-0.4, -0.2) is 45.5 Å². The van der Waals surface area contributed by atoms with Crippen LogP contribution in [0.1, 0.15) is 12.8 Å². The van der Waals surface area contributed by atoms with Crippen LogP contribution in [0.5, 0.6) is 0 Å². The lowest BCUT2D eigenvalue weighted by Crippen LogP contribution is -2.32. The molecule has 1 amide bonds. The monoisotopic (exact) mass is 374 g/mol. The van der Waals surface area contributed by atoms with Crippen molar-refractivity contribution in [2.45, 2.75) is 24.1 Å². The number of ether oxygens (including phenoxy) is 1. The second-order valence-corrected chi connectivity index (χ2v) is 7.59. The van der Waals surface area contributed by atoms with E-state index in [0.29, 0.717) is 12.3 Å². The Labute approximate surface area is 153 Å². The van der Waals surface area contributed by atoms with E-state index >= 15 is 0 Å². The van der Waals surface area contributed by atoms with Crippen LogP contribution in [0.2, 0.25) is 0 Å². The third-order valence-corrected chi connectivity index (χ3v) is 5.82. The number of aromatic nitrogens is 3. The summed E-state index contributed by atoms with van der Waals surface area (Å²) >= 11 is 2.95. The standard InChI is InChI=1S/C17H18N4O2S2/c22-15(18-9-13-7-4-8-23-13)11-25-17-20-19-16-21(17)14(10-24-16)12-5-2-1-3-6-12/h1-3,5-6,10,13H,4,7-9,11H2,(H,18,22)/t13-/m1/s1. The number of carbonyl (C=O) groups excluding carboxylic acids is 1. The summed E-state index contributed by atoms with van der Waals surface area (Å²) in [6.45, 7) is 1.38. The first-order chi connectivity index (χ1) is 12.3. The van der Waals surface area contributed by atoms with Gasteiger partial charge in [0.25, 0.3) is 0 Å². The van der Waals surface area contributed by atoms with Crippen LogP contribution in [-0.2, 0) is 9.53 Å². The lowest BCUT2D eigenvalue weighted by Gasteiger charge is -2.10. The van der Waals surface area contributed by atoms with E-state index in [1.165, 1.54) is 11.8 Å². The maximum Gasteiger partial charge on any atom is 0.230 e. The molecule has 0 saturated carbocycles. The molecule has 1 aliphatic heterocycles. The van der Waals surface area contributed by atoms with Gasteiger partial charge in [0.2, 0.25) is 10.9 Å². The number of amides is 1. The van der Waals surface area contributed by atoms with E-state index in [1.54, 1.807) is 11.3 Å². The van der Waals surface area contributed by atoms with E-state index < -0.39 is 0 Å². The van der Waals surface area contributed by atoms with Gasteiger partial charge in [-0.1, -0.05) is 42.1 Å². The molecule has 0 aliphatic carbocycles. The van der Waals surface area contributed by atoms with Gasteiger partial charge in [0.1, 0.15) is 0 Å². The summed E-state index contributed by atoms with van der Waals surface area (Å²) in [5.41, 5.74) is 2.16. The SMILES string of the molecule is O=C(CSc1nnc2scc(-c3ccccc3)n12)NC[C@H]1CCCO1. The van der Waals surface area contributed by atoms with Crippen LogP contribution in [0, 0.1) is 0 Å². The Balaban J connectivity index is 1.43. The third-order valence-electron chi connectivity index (χ3n) is 4.07. The second kappa shape index (κ2) is 7.55. The summed E-state index contributed by atoms with van der Waals surface area (Å²) in [4.78, 5) is 12.9. The molecule has 1 saturated heterocycles. The van der Waals surface area contributed by atoms with E-state index in [9.17, 15) is 4.79 Å². The molecule has 0 bridgehead atoms. The van der Waals surface area contributed by atoms with E-state index in [2.05, 4.69) is 33.0 Å². The first kappa shape index (κ1) is 16.6. The molecule has 4 rings (SSSR count). The van der Waals surface area contributed by atoms with Crippen molar-refractivity contribution >= 4 is 34.0 Å². The highest BCUT2D eigenvalue weighted by atomic mass is 32.2. The molecule has 8 heteroatoms. The molecular formula is C17H18N4O2S2. The molecule has 1 aliphatic rings. The molecular weight excluding hydrogens is 356 g/mol. The van der Waals surface area contributed by atoms with Crippen LogP contribution in [0.3, 0.4) is 0 Å². The Morgan fingerprint density at radius 1 is 1.36 bits per heavy atom. The summed E-state index contributed by atoms with van der Waals surface area (Å²) in [6, 6.07) is 10.1. The molecule has 0 radical (unpaired) electrons. The highest BCUT2D eigenvalue weighted by Gasteiger charge is 2.18. The first-order valence-corrected chi connectivity index (χ1v) is 10.1. The molecule has 1 fully saturated rings. The van der Waals surface area contributed by atoms with Crippen LogP contribution in [0.15, 0.2) is 40.9 Å². The van der Waals surface area contributed by atoms with Crippen molar-refractivity contribution in [3.8, 4) is 11.3 Å². The number of rotatable bonds is 6. The van der Waals surface area contributed by atoms with Gasteiger partial charge in [-0.2, -0.15) is 0 Å². The van der Waals surface area contributed by atoms with Gasteiger partial charge in [-0.15, -0.1) is 21.5 Å². The summed E-state index contributed by atoms with van der Waals surface area (Å²) < 4.78 is 7.53. The molecule has 130 valence electrons. The minimum Gasteiger partial charge on any atom is -0.376 e. The third kappa shape index (κ3) is 3.70. The van der Waals surface area contributed by atoms with E-state index in [0.717, 1.165) is 40.8 Å². The summed E-state index contributed by atoms with van der Waals surface area (Å²) in [6.07, 6.45) is 2.26. The maximum atomic E-state index is 12.1. The minimum absolute atomic E-state index is 0.00580. The number of thiazole rings is 1. The predicted molar refractivity (Wildman–Crippen MR) is 99.0 cm³/mol. The molecule has 1 aromatic carbocycles. The molecule has 6 nitrogen and oxygen atoms in total. The summed E-state index contributed by atoms with van der Waals surface area (Å²) in [5.74, 6) is 0.311. The number of nitrogens with one attached hydrogen (secondary N) is 1. The normalized spacial score (nSPS) is 17.2. The van der Waals surface area contributed by atoms with Gasteiger partial charge in [0, 0.05) is 18.5 Å². The Morgan fingerprint density at radius 3 is 3.04 bits per heavy atom. The van der Waals surface area contributed by atoms with E-state index in [1.807, 2.05) is 22.6 Å². The van der Waals surface area contributed by atoms with Gasteiger partial charge < -0.3 is 10.1 Å². The molecule has 0 unspecified atom stereocenters. The van der Waals surface area contributed by atoms with Gasteiger partial charge in [-0.25, -0.2) is 0 Å². The fourth-order valence-corrected chi connectivity index (χ4v) is 4.48. The zero-order chi connectivity index (χ0) is 17.1. The molecule has 0 spiro atoms. The van der Waals surface area contributed by atoms with Crippen molar-refractivity contribution in [2.24, 2.45) is 0 Å². The van der Waals surface area contributed by atoms with Crippen LogP contribution in [0.4, 0.5) is 0 Å². The number of benzene rings is 1. The number of thioether (sulfide) groups is 1. The number of hydrogen-bond acceptors (Lipinski definition) is 6. The van der Waals surface area contributed by atoms with Gasteiger partial charge in [0.05, 0.1) is 17.6 Å². The smallest absolute Gasteiger partial charge is 0.230 e. The van der Waals surface area contributed by atoms with Crippen LogP contribution >= 0.6 is 23.1 Å². The molecule has 1 atom stereocenters. The lowest BCUT2D eigenvalue weighted by atomic mass is 10.2. The van der Waals surface area contributed by atoms with Crippen molar-refractivity contribution in [3.63, 3.8) is 0 Å². The predicted octanol–water partition coefficient (Wildman–Crippen LogP) is 2.85. The molecule has 3 heterocycles. The Bertz CT molecular complexity index is 856. The Morgan fingerprint density at radius 2 is 2.24 bits per heavy atom. The maximum absolute atomic E-state index is 12.1. The number of nitrogens with zero attached hydrogens (tertiary/aromatic N) is 3. The van der Waals surface area contributed by atoms with Crippen molar-refractivity contribution < 1.29 is 9.53 Å². The average molecular weight is 374 g/mol. The fraction of sp³-hybridized carbons (Fsp3) is 0.353. The van der Waals surface area contributed by atoms with Gasteiger partial charge in [-0.05, 0) is 18.4 Å². The molecule has 2 aromatic heterocycles. The Kier molecular flexibility index (Phi) is 5.00. The first-order valence-electron chi connectivity index (χ1n) is 8.20. The summed E-state index contributed by atoms with van der Waals surface area (Å²) in [5, 5.41) is 14.2.